The standard InChI is InChI=1S/C12H9BrN2O5S/c13-8-4-6-9(7-5-8)21(19,20)14-12-10(15(17)18)2-1-3-11(12)16/h1-7,14,16H. The van der Waals surface area contributed by atoms with Crippen molar-refractivity contribution in [1.82, 2.24) is 0 Å². The minimum atomic E-state index is -4.04. The van der Waals surface area contributed by atoms with E-state index in [-0.39, 0.29) is 4.90 Å². The number of para-hydroxylation sites is 1. The number of benzene rings is 2. The Hall–Kier alpha value is -2.13. The molecule has 21 heavy (non-hydrogen) atoms. The molecule has 0 atom stereocenters. The Morgan fingerprint density at radius 2 is 1.76 bits per heavy atom. The number of phenolic OH excluding ortho intramolecular Hbond substituents is 1. The molecule has 9 heteroatoms. The summed E-state index contributed by atoms with van der Waals surface area (Å²) in [6.07, 6.45) is 0. The van der Waals surface area contributed by atoms with E-state index in [0.29, 0.717) is 4.47 Å². The van der Waals surface area contributed by atoms with E-state index in [0.717, 1.165) is 12.1 Å². The normalized spacial score (nSPS) is 11.1. The lowest BCUT2D eigenvalue weighted by Crippen LogP contribution is -2.14. The van der Waals surface area contributed by atoms with Gasteiger partial charge in [-0.2, -0.15) is 0 Å². The maximum Gasteiger partial charge on any atom is 0.297 e. The van der Waals surface area contributed by atoms with Gasteiger partial charge in [-0.05, 0) is 30.3 Å². The third kappa shape index (κ3) is 3.31. The third-order valence-corrected chi connectivity index (χ3v) is 4.47. The van der Waals surface area contributed by atoms with Crippen molar-refractivity contribution in [2.24, 2.45) is 0 Å². The van der Waals surface area contributed by atoms with Crippen LogP contribution < -0.4 is 4.72 Å². The predicted octanol–water partition coefficient (Wildman–Crippen LogP) is 2.86. The second-order valence-electron chi connectivity index (χ2n) is 3.99. The van der Waals surface area contributed by atoms with Crippen LogP contribution in [0.15, 0.2) is 51.8 Å². The molecule has 0 radical (unpaired) electrons. The van der Waals surface area contributed by atoms with Gasteiger partial charge in [-0.3, -0.25) is 14.8 Å². The van der Waals surface area contributed by atoms with Crippen LogP contribution >= 0.6 is 15.9 Å². The lowest BCUT2D eigenvalue weighted by molar-refractivity contribution is -0.383. The Labute approximate surface area is 128 Å². The highest BCUT2D eigenvalue weighted by Gasteiger charge is 2.23. The maximum absolute atomic E-state index is 12.2. The molecule has 0 unspecified atom stereocenters. The van der Waals surface area contributed by atoms with Gasteiger partial charge < -0.3 is 5.11 Å². The van der Waals surface area contributed by atoms with E-state index < -0.39 is 32.1 Å². The number of halogens is 1. The van der Waals surface area contributed by atoms with Crippen molar-refractivity contribution in [2.75, 3.05) is 4.72 Å². The summed E-state index contributed by atoms with van der Waals surface area (Å²) in [7, 11) is -4.04. The van der Waals surface area contributed by atoms with Crippen LogP contribution in [-0.4, -0.2) is 18.4 Å². The second kappa shape index (κ2) is 5.70. The van der Waals surface area contributed by atoms with Crippen molar-refractivity contribution in [1.29, 1.82) is 0 Å². The fourth-order valence-electron chi connectivity index (χ4n) is 1.59. The number of hydrogen-bond donors (Lipinski definition) is 2. The summed E-state index contributed by atoms with van der Waals surface area (Å²) in [6.45, 7) is 0. The Morgan fingerprint density at radius 3 is 2.33 bits per heavy atom. The quantitative estimate of drug-likeness (QED) is 0.487. The smallest absolute Gasteiger partial charge is 0.297 e. The van der Waals surface area contributed by atoms with E-state index in [9.17, 15) is 23.6 Å². The molecule has 0 bridgehead atoms. The van der Waals surface area contributed by atoms with Crippen molar-refractivity contribution in [3.63, 3.8) is 0 Å². The topological polar surface area (TPSA) is 110 Å². The van der Waals surface area contributed by atoms with Gasteiger partial charge in [0.25, 0.3) is 15.7 Å². The number of nitrogens with one attached hydrogen (secondary N) is 1. The highest BCUT2D eigenvalue weighted by molar-refractivity contribution is 9.10. The molecule has 2 aromatic rings. The van der Waals surface area contributed by atoms with E-state index in [4.69, 9.17) is 0 Å². The molecule has 0 aromatic heterocycles. The minimum Gasteiger partial charge on any atom is -0.505 e. The highest BCUT2D eigenvalue weighted by Crippen LogP contribution is 2.34. The molecule has 0 saturated carbocycles. The van der Waals surface area contributed by atoms with Gasteiger partial charge in [0.05, 0.1) is 9.82 Å². The number of phenols is 1. The van der Waals surface area contributed by atoms with Crippen LogP contribution in [0, 0.1) is 10.1 Å². The van der Waals surface area contributed by atoms with Gasteiger partial charge in [0.15, 0.2) is 5.69 Å². The molecule has 0 fully saturated rings. The number of nitro groups is 1. The zero-order chi connectivity index (χ0) is 15.6. The average molecular weight is 373 g/mol. The summed E-state index contributed by atoms with van der Waals surface area (Å²) in [5.41, 5.74) is -0.999. The molecule has 110 valence electrons. The first-order valence-electron chi connectivity index (χ1n) is 5.56. The summed E-state index contributed by atoms with van der Waals surface area (Å²) < 4.78 is 27.1. The summed E-state index contributed by atoms with van der Waals surface area (Å²) in [5.74, 6) is -0.523. The number of nitrogens with zero attached hydrogens (tertiary/aromatic N) is 1. The van der Waals surface area contributed by atoms with Crippen LogP contribution in [0.4, 0.5) is 11.4 Å². The SMILES string of the molecule is O=[N+]([O-])c1cccc(O)c1NS(=O)(=O)c1ccc(Br)cc1. The van der Waals surface area contributed by atoms with Crippen LogP contribution in [0.3, 0.4) is 0 Å². The van der Waals surface area contributed by atoms with Crippen molar-refractivity contribution in [2.45, 2.75) is 4.90 Å². The number of nitro benzene ring substituents is 1. The zero-order valence-electron chi connectivity index (χ0n) is 10.4. The van der Waals surface area contributed by atoms with E-state index in [2.05, 4.69) is 15.9 Å². The van der Waals surface area contributed by atoms with Gasteiger partial charge in [-0.25, -0.2) is 8.42 Å². The van der Waals surface area contributed by atoms with Gasteiger partial charge >= 0.3 is 0 Å². The van der Waals surface area contributed by atoms with E-state index in [1.54, 1.807) is 0 Å². The van der Waals surface area contributed by atoms with Crippen molar-refractivity contribution >= 4 is 37.3 Å². The number of aromatic hydroxyl groups is 1. The molecule has 0 saturated heterocycles. The van der Waals surface area contributed by atoms with Gasteiger partial charge in [-0.1, -0.05) is 22.0 Å². The van der Waals surface area contributed by atoms with Crippen LogP contribution in [0.25, 0.3) is 0 Å². The molecule has 0 spiro atoms. The molecular weight excluding hydrogens is 364 g/mol. The summed E-state index contributed by atoms with van der Waals surface area (Å²) in [4.78, 5) is 10.0. The van der Waals surface area contributed by atoms with Gasteiger partial charge in [-0.15, -0.1) is 0 Å². The van der Waals surface area contributed by atoms with Crippen molar-refractivity contribution in [3.05, 3.63) is 57.1 Å². The van der Waals surface area contributed by atoms with E-state index in [1.165, 1.54) is 30.3 Å². The molecule has 0 aliphatic carbocycles. The third-order valence-electron chi connectivity index (χ3n) is 2.58. The summed E-state index contributed by atoms with van der Waals surface area (Å²) >= 11 is 3.18. The second-order valence-corrected chi connectivity index (χ2v) is 6.59. The molecule has 0 aliphatic rings. The van der Waals surface area contributed by atoms with Crippen molar-refractivity contribution in [3.8, 4) is 5.75 Å². The lowest BCUT2D eigenvalue weighted by atomic mass is 10.2. The van der Waals surface area contributed by atoms with Crippen molar-refractivity contribution < 1.29 is 18.4 Å². The first-order chi connectivity index (χ1) is 9.81. The van der Waals surface area contributed by atoms with Crippen LogP contribution in [0.2, 0.25) is 0 Å². The predicted molar refractivity (Wildman–Crippen MR) is 79.7 cm³/mol. The fraction of sp³-hybridized carbons (Fsp3) is 0. The summed E-state index contributed by atoms with van der Waals surface area (Å²) in [6, 6.07) is 9.22. The average Bonchev–Trinajstić information content (AvgIpc) is 2.41. The maximum atomic E-state index is 12.2. The highest BCUT2D eigenvalue weighted by atomic mass is 79.9. The molecule has 0 heterocycles. The number of sulfonamides is 1. The molecule has 2 aromatic carbocycles. The van der Waals surface area contributed by atoms with E-state index >= 15 is 0 Å². The fourth-order valence-corrected chi connectivity index (χ4v) is 2.95. The molecule has 2 N–H and O–H groups in total. The van der Waals surface area contributed by atoms with Gasteiger partial charge in [0, 0.05) is 10.5 Å². The lowest BCUT2D eigenvalue weighted by Gasteiger charge is -2.10. The number of hydrogen-bond acceptors (Lipinski definition) is 5. The Bertz CT molecular complexity index is 790. The number of rotatable bonds is 4. The molecule has 0 amide bonds. The molecule has 0 aliphatic heterocycles. The van der Waals surface area contributed by atoms with Crippen LogP contribution in [0.1, 0.15) is 0 Å². The van der Waals surface area contributed by atoms with E-state index in [1.807, 2.05) is 4.72 Å². The first kappa shape index (κ1) is 15.3. The molecule has 7 nitrogen and oxygen atoms in total. The Kier molecular flexibility index (Phi) is 4.14. The summed E-state index contributed by atoms with van der Waals surface area (Å²) in [5, 5.41) is 20.6. The van der Waals surface area contributed by atoms with Crippen LogP contribution in [-0.2, 0) is 10.0 Å². The van der Waals surface area contributed by atoms with Crippen LogP contribution in [0.5, 0.6) is 5.75 Å². The van der Waals surface area contributed by atoms with Gasteiger partial charge in [0.1, 0.15) is 5.75 Å². The number of anilines is 1. The molecular formula is C12H9BrN2O5S. The first-order valence-corrected chi connectivity index (χ1v) is 7.83. The minimum absolute atomic E-state index is 0.0803. The van der Waals surface area contributed by atoms with Gasteiger partial charge in [0.2, 0.25) is 0 Å². The Balaban J connectivity index is 2.46. The molecule has 2 rings (SSSR count). The largest absolute Gasteiger partial charge is 0.505 e. The monoisotopic (exact) mass is 372 g/mol. The zero-order valence-corrected chi connectivity index (χ0v) is 12.8. The Morgan fingerprint density at radius 1 is 1.14 bits per heavy atom.